The van der Waals surface area contributed by atoms with Crippen LogP contribution in [0.2, 0.25) is 0 Å². The summed E-state index contributed by atoms with van der Waals surface area (Å²) >= 11 is 0. The molecule has 4 nitrogen and oxygen atoms in total. The summed E-state index contributed by atoms with van der Waals surface area (Å²) in [5.41, 5.74) is 3.36. The van der Waals surface area contributed by atoms with Gasteiger partial charge in [0.1, 0.15) is 5.82 Å². The summed E-state index contributed by atoms with van der Waals surface area (Å²) in [4.78, 5) is 18.9. The molecule has 0 radical (unpaired) electrons. The summed E-state index contributed by atoms with van der Waals surface area (Å²) in [6, 6.07) is 13.9. The van der Waals surface area contributed by atoms with Crippen molar-refractivity contribution in [3.63, 3.8) is 0 Å². The third-order valence-corrected chi connectivity index (χ3v) is 4.78. The minimum Gasteiger partial charge on any atom is -0.355 e. The zero-order valence-electron chi connectivity index (χ0n) is 15.4. The highest BCUT2D eigenvalue weighted by atomic mass is 16.1. The molecule has 0 aliphatic heterocycles. The van der Waals surface area contributed by atoms with Crippen LogP contribution >= 0.6 is 0 Å². The quantitative estimate of drug-likeness (QED) is 0.756. The fourth-order valence-electron chi connectivity index (χ4n) is 3.28. The monoisotopic (exact) mass is 349 g/mol. The molecule has 0 saturated carbocycles. The fourth-order valence-corrected chi connectivity index (χ4v) is 3.28. The molecule has 0 fully saturated rings. The molecule has 0 unspecified atom stereocenters. The van der Waals surface area contributed by atoms with E-state index in [9.17, 15) is 4.79 Å². The molecule has 0 saturated heterocycles. The smallest absolute Gasteiger partial charge is 0.251 e. The number of aromatic nitrogens is 1. The lowest BCUT2D eigenvalue weighted by Gasteiger charge is -2.19. The van der Waals surface area contributed by atoms with E-state index in [4.69, 9.17) is 0 Å². The van der Waals surface area contributed by atoms with Crippen LogP contribution in [0, 0.1) is 0 Å². The van der Waals surface area contributed by atoms with E-state index in [-0.39, 0.29) is 5.91 Å². The third-order valence-electron chi connectivity index (χ3n) is 4.78. The Morgan fingerprint density at radius 2 is 2.04 bits per heavy atom. The number of hydrogen-bond acceptors (Lipinski definition) is 3. The molecule has 1 aromatic carbocycles. The number of amides is 1. The first-order valence-corrected chi connectivity index (χ1v) is 9.39. The topological polar surface area (TPSA) is 45.2 Å². The Bertz CT molecular complexity index is 755. The Morgan fingerprint density at radius 1 is 1.19 bits per heavy atom. The van der Waals surface area contributed by atoms with Crippen LogP contribution in [0.15, 0.2) is 60.3 Å². The van der Waals surface area contributed by atoms with Crippen molar-refractivity contribution in [3.8, 4) is 0 Å². The largest absolute Gasteiger partial charge is 0.355 e. The van der Waals surface area contributed by atoms with Crippen LogP contribution in [0.25, 0.3) is 0 Å². The van der Waals surface area contributed by atoms with E-state index in [0.29, 0.717) is 12.1 Å². The number of nitrogens with zero attached hydrogens (tertiary/aromatic N) is 2. The molecule has 26 heavy (non-hydrogen) atoms. The Morgan fingerprint density at radius 3 is 2.81 bits per heavy atom. The second-order valence-corrected chi connectivity index (χ2v) is 6.86. The summed E-state index contributed by atoms with van der Waals surface area (Å²) in [7, 11) is 1.99. The number of hydrogen-bond donors (Lipinski definition) is 1. The van der Waals surface area contributed by atoms with Gasteiger partial charge in [-0.3, -0.25) is 4.79 Å². The molecule has 1 aliphatic carbocycles. The number of anilines is 1. The van der Waals surface area contributed by atoms with Gasteiger partial charge in [0.2, 0.25) is 0 Å². The van der Waals surface area contributed by atoms with Gasteiger partial charge in [-0.15, -0.1) is 0 Å². The lowest BCUT2D eigenvalue weighted by Crippen LogP contribution is -2.25. The molecule has 0 bridgehead atoms. The molecular weight excluding hydrogens is 322 g/mol. The summed E-state index contributed by atoms with van der Waals surface area (Å²) in [5.74, 6) is 0.773. The van der Waals surface area contributed by atoms with Crippen molar-refractivity contribution in [2.24, 2.45) is 0 Å². The number of carbonyl (C=O) groups excluding carboxylic acids is 1. The molecule has 1 aromatic heterocycles. The summed E-state index contributed by atoms with van der Waals surface area (Å²) in [5, 5.41) is 3.04. The maximum absolute atomic E-state index is 12.4. The first-order valence-electron chi connectivity index (χ1n) is 9.39. The van der Waals surface area contributed by atoms with Gasteiger partial charge in [-0.2, -0.15) is 0 Å². The Balaban J connectivity index is 1.55. The van der Waals surface area contributed by atoms with Gasteiger partial charge < -0.3 is 10.2 Å². The normalized spacial score (nSPS) is 13.8. The fraction of sp³-hybridized carbons (Fsp3) is 0.364. The van der Waals surface area contributed by atoms with Crippen LogP contribution in [0.1, 0.15) is 48.0 Å². The predicted octanol–water partition coefficient (Wildman–Crippen LogP) is 4.34. The van der Waals surface area contributed by atoms with Gasteiger partial charge in [0.25, 0.3) is 5.91 Å². The molecule has 2 aromatic rings. The molecule has 1 heterocycles. The van der Waals surface area contributed by atoms with Crippen molar-refractivity contribution in [1.82, 2.24) is 10.3 Å². The van der Waals surface area contributed by atoms with E-state index in [1.165, 1.54) is 36.8 Å². The van der Waals surface area contributed by atoms with Gasteiger partial charge in [-0.25, -0.2) is 4.98 Å². The third kappa shape index (κ3) is 5.19. The molecule has 136 valence electrons. The average Bonchev–Trinajstić information content (AvgIpc) is 2.69. The van der Waals surface area contributed by atoms with Crippen LogP contribution < -0.4 is 10.2 Å². The van der Waals surface area contributed by atoms with Crippen molar-refractivity contribution < 1.29 is 4.79 Å². The van der Waals surface area contributed by atoms with Crippen LogP contribution in [0.3, 0.4) is 0 Å². The van der Waals surface area contributed by atoms with Crippen molar-refractivity contribution in [1.29, 1.82) is 0 Å². The van der Waals surface area contributed by atoms with Gasteiger partial charge in [-0.05, 0) is 49.8 Å². The maximum Gasteiger partial charge on any atom is 0.251 e. The van der Waals surface area contributed by atoms with Crippen molar-refractivity contribution in [2.75, 3.05) is 18.5 Å². The number of allylic oxidation sites excluding steroid dienone is 1. The number of carbonyl (C=O) groups is 1. The predicted molar refractivity (Wildman–Crippen MR) is 106 cm³/mol. The average molecular weight is 349 g/mol. The molecule has 0 atom stereocenters. The van der Waals surface area contributed by atoms with Gasteiger partial charge in [-0.1, -0.05) is 42.0 Å². The summed E-state index contributed by atoms with van der Waals surface area (Å²) < 4.78 is 0. The van der Waals surface area contributed by atoms with E-state index < -0.39 is 0 Å². The number of pyridine rings is 1. The SMILES string of the molecule is CN(Cc1ccccc1)c1cc(C(=O)NCCC2=CCCCC2)ccn1. The maximum atomic E-state index is 12.4. The van der Waals surface area contributed by atoms with Crippen LogP contribution in [-0.4, -0.2) is 24.5 Å². The summed E-state index contributed by atoms with van der Waals surface area (Å²) in [6.45, 7) is 1.45. The number of benzene rings is 1. The molecule has 1 aliphatic rings. The number of rotatable bonds is 7. The lowest BCUT2D eigenvalue weighted by molar-refractivity contribution is 0.0954. The van der Waals surface area contributed by atoms with Crippen LogP contribution in [0.5, 0.6) is 0 Å². The van der Waals surface area contributed by atoms with Crippen molar-refractivity contribution >= 4 is 11.7 Å². The molecule has 0 spiro atoms. The summed E-state index contributed by atoms with van der Waals surface area (Å²) in [6.07, 6.45) is 9.93. The Hall–Kier alpha value is -2.62. The Labute approximate surface area is 155 Å². The van der Waals surface area contributed by atoms with E-state index in [1.807, 2.05) is 31.3 Å². The highest BCUT2D eigenvalue weighted by Gasteiger charge is 2.10. The van der Waals surface area contributed by atoms with Crippen LogP contribution in [0.4, 0.5) is 5.82 Å². The molecule has 1 amide bonds. The van der Waals surface area contributed by atoms with Crippen LogP contribution in [-0.2, 0) is 6.54 Å². The molecular formula is C22H27N3O. The zero-order valence-corrected chi connectivity index (χ0v) is 15.4. The van der Waals surface area contributed by atoms with Gasteiger partial charge in [0.15, 0.2) is 0 Å². The van der Waals surface area contributed by atoms with Gasteiger partial charge >= 0.3 is 0 Å². The first-order chi connectivity index (χ1) is 12.7. The van der Waals surface area contributed by atoms with Crippen molar-refractivity contribution in [3.05, 3.63) is 71.4 Å². The first kappa shape index (κ1) is 18.2. The molecule has 1 N–H and O–H groups in total. The molecule has 4 heteroatoms. The Kier molecular flexibility index (Phi) is 6.42. The standard InChI is InChI=1S/C22H27N3O/c1-25(17-19-10-6-3-7-11-19)21-16-20(13-15-23-21)22(26)24-14-12-18-8-4-2-5-9-18/h3,6-8,10-11,13,15-16H,2,4-5,9,12,14,17H2,1H3,(H,24,26). The minimum atomic E-state index is -0.0295. The van der Waals surface area contributed by atoms with Gasteiger partial charge in [0.05, 0.1) is 0 Å². The highest BCUT2D eigenvalue weighted by molar-refractivity contribution is 5.94. The second-order valence-electron chi connectivity index (χ2n) is 6.86. The second kappa shape index (κ2) is 9.18. The van der Waals surface area contributed by atoms with E-state index in [1.54, 1.807) is 12.3 Å². The number of nitrogens with one attached hydrogen (secondary N) is 1. The molecule has 3 rings (SSSR count). The zero-order chi connectivity index (χ0) is 18.2. The van der Waals surface area contributed by atoms with E-state index >= 15 is 0 Å². The van der Waals surface area contributed by atoms with E-state index in [0.717, 1.165) is 18.8 Å². The van der Waals surface area contributed by atoms with Gasteiger partial charge in [0, 0.05) is 31.9 Å². The van der Waals surface area contributed by atoms with Crippen molar-refractivity contribution in [2.45, 2.75) is 38.6 Å². The van der Waals surface area contributed by atoms with E-state index in [2.05, 4.69) is 33.4 Å². The minimum absolute atomic E-state index is 0.0295. The lowest BCUT2D eigenvalue weighted by atomic mass is 9.97. The highest BCUT2D eigenvalue weighted by Crippen LogP contribution is 2.19.